The van der Waals surface area contributed by atoms with E-state index in [1.807, 2.05) is 13.0 Å². The molecule has 0 bridgehead atoms. The third kappa shape index (κ3) is 4.84. The standard InChI is InChI=1S/C12H14Cl2O3/c1-2-3-9-16-11(15)12(13,14)17-10-7-5-4-6-8-10/h4-8H,2-3,9H2,1H3. The van der Waals surface area contributed by atoms with E-state index in [0.29, 0.717) is 5.75 Å². The Labute approximate surface area is 111 Å². The normalized spacial score (nSPS) is 11.0. The fraction of sp³-hybridized carbons (Fsp3) is 0.417. The van der Waals surface area contributed by atoms with Crippen LogP contribution >= 0.6 is 23.2 Å². The molecule has 0 atom stereocenters. The van der Waals surface area contributed by atoms with Crippen molar-refractivity contribution in [2.75, 3.05) is 6.61 Å². The second-order valence-electron chi connectivity index (χ2n) is 3.42. The van der Waals surface area contributed by atoms with Crippen molar-refractivity contribution in [1.29, 1.82) is 0 Å². The Morgan fingerprint density at radius 3 is 2.53 bits per heavy atom. The summed E-state index contributed by atoms with van der Waals surface area (Å²) in [6.45, 7) is 2.28. The maximum atomic E-state index is 11.5. The van der Waals surface area contributed by atoms with Gasteiger partial charge in [0.2, 0.25) is 0 Å². The van der Waals surface area contributed by atoms with E-state index in [9.17, 15) is 4.79 Å². The van der Waals surface area contributed by atoms with Gasteiger partial charge in [0.15, 0.2) is 0 Å². The molecule has 0 aromatic heterocycles. The highest BCUT2D eigenvalue weighted by Crippen LogP contribution is 2.27. The summed E-state index contributed by atoms with van der Waals surface area (Å²) in [6, 6.07) is 8.62. The zero-order chi connectivity index (χ0) is 12.7. The lowest BCUT2D eigenvalue weighted by Gasteiger charge is -2.19. The smallest absolute Gasteiger partial charge is 0.383 e. The third-order valence-corrected chi connectivity index (χ3v) is 2.42. The molecule has 1 aromatic rings. The molecular formula is C12H14Cl2O3. The molecule has 94 valence electrons. The molecule has 3 nitrogen and oxygen atoms in total. The molecule has 0 fully saturated rings. The Balaban J connectivity index is 2.52. The van der Waals surface area contributed by atoms with Crippen LogP contribution in [0.3, 0.4) is 0 Å². The van der Waals surface area contributed by atoms with Crippen LogP contribution in [0.4, 0.5) is 0 Å². The molecule has 0 aliphatic carbocycles. The lowest BCUT2D eigenvalue weighted by Crippen LogP contribution is -2.34. The quantitative estimate of drug-likeness (QED) is 0.453. The molecule has 1 rings (SSSR count). The van der Waals surface area contributed by atoms with E-state index in [-0.39, 0.29) is 6.61 Å². The van der Waals surface area contributed by atoms with Crippen molar-refractivity contribution in [3.05, 3.63) is 30.3 Å². The number of hydrogen-bond acceptors (Lipinski definition) is 3. The average Bonchev–Trinajstić information content (AvgIpc) is 2.30. The number of ether oxygens (including phenoxy) is 2. The number of carbonyl (C=O) groups is 1. The Hall–Kier alpha value is -0.930. The van der Waals surface area contributed by atoms with E-state index in [0.717, 1.165) is 12.8 Å². The SMILES string of the molecule is CCCCOC(=O)C(Cl)(Cl)Oc1ccccc1. The first-order chi connectivity index (χ1) is 8.06. The molecule has 0 radical (unpaired) electrons. The van der Waals surface area contributed by atoms with E-state index < -0.39 is 10.5 Å². The summed E-state index contributed by atoms with van der Waals surface area (Å²) >= 11 is 11.5. The molecule has 0 N–H and O–H groups in total. The van der Waals surface area contributed by atoms with Crippen LogP contribution in [-0.2, 0) is 9.53 Å². The van der Waals surface area contributed by atoms with Crippen LogP contribution < -0.4 is 4.74 Å². The van der Waals surface area contributed by atoms with Crippen molar-refractivity contribution in [2.45, 2.75) is 24.3 Å². The molecule has 5 heteroatoms. The topological polar surface area (TPSA) is 35.5 Å². The van der Waals surface area contributed by atoms with E-state index >= 15 is 0 Å². The van der Waals surface area contributed by atoms with Crippen LogP contribution in [0, 0.1) is 0 Å². The highest BCUT2D eigenvalue weighted by molar-refractivity contribution is 6.56. The summed E-state index contributed by atoms with van der Waals surface area (Å²) in [5, 5.41) is 0. The number of halogens is 2. The summed E-state index contributed by atoms with van der Waals surface area (Å²) in [4.78, 5) is 11.5. The summed E-state index contributed by atoms with van der Waals surface area (Å²) in [6.07, 6.45) is 1.69. The van der Waals surface area contributed by atoms with Crippen LogP contribution in [0.2, 0.25) is 0 Å². The highest BCUT2D eigenvalue weighted by atomic mass is 35.5. The van der Waals surface area contributed by atoms with Gasteiger partial charge in [-0.25, -0.2) is 4.79 Å². The van der Waals surface area contributed by atoms with Crippen molar-refractivity contribution in [3.63, 3.8) is 0 Å². The Morgan fingerprint density at radius 2 is 1.94 bits per heavy atom. The van der Waals surface area contributed by atoms with Gasteiger partial charge in [0.05, 0.1) is 6.61 Å². The van der Waals surface area contributed by atoms with E-state index in [2.05, 4.69) is 0 Å². The number of rotatable bonds is 6. The lowest BCUT2D eigenvalue weighted by atomic mass is 10.3. The second kappa shape index (κ2) is 6.72. The summed E-state index contributed by atoms with van der Waals surface area (Å²) in [5.41, 5.74) is 0. The minimum atomic E-state index is -2.00. The largest absolute Gasteiger partial charge is 0.461 e. The fourth-order valence-electron chi connectivity index (χ4n) is 1.07. The second-order valence-corrected chi connectivity index (χ2v) is 4.68. The molecule has 0 heterocycles. The van der Waals surface area contributed by atoms with Gasteiger partial charge in [-0.05, 0) is 41.8 Å². The zero-order valence-corrected chi connectivity index (χ0v) is 11.0. The van der Waals surface area contributed by atoms with Gasteiger partial charge >= 0.3 is 10.5 Å². The van der Waals surface area contributed by atoms with Gasteiger partial charge in [-0.2, -0.15) is 0 Å². The Kier molecular flexibility index (Phi) is 5.59. The molecule has 0 unspecified atom stereocenters. The minimum Gasteiger partial charge on any atom is -0.461 e. The van der Waals surface area contributed by atoms with Crippen LogP contribution in [-0.4, -0.2) is 17.1 Å². The molecule has 0 amide bonds. The van der Waals surface area contributed by atoms with Crippen molar-refractivity contribution in [2.24, 2.45) is 0 Å². The average molecular weight is 277 g/mol. The molecule has 0 aliphatic heterocycles. The number of benzene rings is 1. The first-order valence-corrected chi connectivity index (χ1v) is 6.11. The molecular weight excluding hydrogens is 263 g/mol. The summed E-state index contributed by atoms with van der Waals surface area (Å²) in [7, 11) is 0. The van der Waals surface area contributed by atoms with Crippen LogP contribution in [0.15, 0.2) is 30.3 Å². The number of alkyl halides is 2. The van der Waals surface area contributed by atoms with Crippen molar-refractivity contribution in [3.8, 4) is 5.75 Å². The Bertz CT molecular complexity index is 352. The highest BCUT2D eigenvalue weighted by Gasteiger charge is 2.38. The predicted octanol–water partition coefficient (Wildman–Crippen LogP) is 3.54. The number of hydrogen-bond donors (Lipinski definition) is 0. The molecule has 0 aliphatic rings. The maximum Gasteiger partial charge on any atom is 0.383 e. The van der Waals surface area contributed by atoms with Gasteiger partial charge in [-0.3, -0.25) is 0 Å². The third-order valence-electron chi connectivity index (χ3n) is 1.96. The van der Waals surface area contributed by atoms with E-state index in [1.165, 1.54) is 0 Å². The first kappa shape index (κ1) is 14.1. The van der Waals surface area contributed by atoms with Gasteiger partial charge in [0.1, 0.15) is 5.75 Å². The predicted molar refractivity (Wildman–Crippen MR) is 67.4 cm³/mol. The van der Waals surface area contributed by atoms with Crippen molar-refractivity contribution in [1.82, 2.24) is 0 Å². The van der Waals surface area contributed by atoms with Gasteiger partial charge in [-0.1, -0.05) is 31.5 Å². The monoisotopic (exact) mass is 276 g/mol. The van der Waals surface area contributed by atoms with Crippen molar-refractivity contribution >= 4 is 29.2 Å². The number of carbonyl (C=O) groups excluding carboxylic acids is 1. The van der Waals surface area contributed by atoms with Gasteiger partial charge in [-0.15, -0.1) is 0 Å². The van der Waals surface area contributed by atoms with Crippen LogP contribution in [0.25, 0.3) is 0 Å². The summed E-state index contributed by atoms with van der Waals surface area (Å²) in [5.74, 6) is -0.386. The van der Waals surface area contributed by atoms with E-state index in [4.69, 9.17) is 32.7 Å². The summed E-state index contributed by atoms with van der Waals surface area (Å²) < 4.78 is 8.04. The lowest BCUT2D eigenvalue weighted by molar-refractivity contribution is -0.150. The molecule has 0 spiro atoms. The Morgan fingerprint density at radius 1 is 1.29 bits per heavy atom. The van der Waals surface area contributed by atoms with Crippen LogP contribution in [0.5, 0.6) is 5.75 Å². The number of para-hydroxylation sites is 1. The van der Waals surface area contributed by atoms with E-state index in [1.54, 1.807) is 24.3 Å². The fourth-order valence-corrected chi connectivity index (χ4v) is 1.36. The number of esters is 1. The molecule has 0 saturated heterocycles. The van der Waals surface area contributed by atoms with Gasteiger partial charge < -0.3 is 9.47 Å². The first-order valence-electron chi connectivity index (χ1n) is 5.35. The minimum absolute atomic E-state index is 0.286. The van der Waals surface area contributed by atoms with Gasteiger partial charge in [0.25, 0.3) is 0 Å². The van der Waals surface area contributed by atoms with Crippen LogP contribution in [0.1, 0.15) is 19.8 Å². The molecule has 17 heavy (non-hydrogen) atoms. The molecule has 0 saturated carbocycles. The van der Waals surface area contributed by atoms with Gasteiger partial charge in [0, 0.05) is 0 Å². The molecule has 1 aromatic carbocycles. The zero-order valence-electron chi connectivity index (χ0n) is 9.49. The maximum absolute atomic E-state index is 11.5. The number of unbranched alkanes of at least 4 members (excludes halogenated alkanes) is 1. The van der Waals surface area contributed by atoms with Crippen molar-refractivity contribution < 1.29 is 14.3 Å².